The van der Waals surface area contributed by atoms with Crippen molar-refractivity contribution in [1.29, 1.82) is 0 Å². The summed E-state index contributed by atoms with van der Waals surface area (Å²) in [5.41, 5.74) is 3.98. The molecule has 0 unspecified atom stereocenters. The second-order valence-electron chi connectivity index (χ2n) is 5.43. The maximum absolute atomic E-state index is 4.86. The van der Waals surface area contributed by atoms with Crippen molar-refractivity contribution < 1.29 is 0 Å². The van der Waals surface area contributed by atoms with E-state index >= 15 is 0 Å². The minimum atomic E-state index is 0.735. The summed E-state index contributed by atoms with van der Waals surface area (Å²) in [5.74, 6) is 0.735. The van der Waals surface area contributed by atoms with Crippen LogP contribution in [-0.2, 0) is 0 Å². The number of hydrogen-bond acceptors (Lipinski definition) is 2. The molecule has 0 saturated heterocycles. The Kier molecular flexibility index (Phi) is 4.17. The van der Waals surface area contributed by atoms with Crippen LogP contribution in [0.1, 0.15) is 0 Å². The van der Waals surface area contributed by atoms with E-state index in [0.717, 1.165) is 42.5 Å². The van der Waals surface area contributed by atoms with Crippen LogP contribution in [0.3, 0.4) is 0 Å². The molecule has 0 N–H and O–H groups in total. The van der Waals surface area contributed by atoms with Gasteiger partial charge in [-0.3, -0.25) is 0 Å². The normalized spacial score (nSPS) is 10.9. The highest BCUT2D eigenvalue weighted by Crippen LogP contribution is 2.30. The van der Waals surface area contributed by atoms with E-state index in [2.05, 4.69) is 50.1 Å². The number of aromatic nitrogens is 2. The number of hydrogen-bond donors (Lipinski definition) is 0. The molecule has 2 nitrogen and oxygen atoms in total. The third-order valence-corrected chi connectivity index (χ3v) is 4.88. The quantitative estimate of drug-likeness (QED) is 0.356. The summed E-state index contributed by atoms with van der Waals surface area (Å²) in [6, 6.07) is 24.4. The molecular weight excluding hydrogens is 428 g/mol. The Morgan fingerprint density at radius 2 is 1.17 bits per heavy atom. The lowest BCUT2D eigenvalue weighted by molar-refractivity contribution is 1.23. The molecule has 3 aromatic carbocycles. The highest BCUT2D eigenvalue weighted by Gasteiger charge is 2.11. The standard InChI is InChI=1S/C20H12Br2N2/c21-15-9-5-13(6-10-15)19-17-3-1-2-4-18(17)23-20(24-19)14-7-11-16(22)12-8-14/h1-12H. The molecule has 4 rings (SSSR count). The van der Waals surface area contributed by atoms with E-state index < -0.39 is 0 Å². The monoisotopic (exact) mass is 438 g/mol. The van der Waals surface area contributed by atoms with Crippen molar-refractivity contribution >= 4 is 42.8 Å². The third-order valence-electron chi connectivity index (χ3n) is 3.82. The maximum Gasteiger partial charge on any atom is 0.160 e. The number of benzene rings is 3. The van der Waals surface area contributed by atoms with E-state index in [0.29, 0.717) is 0 Å². The molecule has 0 spiro atoms. The van der Waals surface area contributed by atoms with Crippen LogP contribution < -0.4 is 0 Å². The van der Waals surface area contributed by atoms with Gasteiger partial charge in [0.15, 0.2) is 5.82 Å². The number of rotatable bonds is 2. The van der Waals surface area contributed by atoms with Crippen LogP contribution in [0.25, 0.3) is 33.5 Å². The molecule has 0 atom stereocenters. The average molecular weight is 440 g/mol. The van der Waals surface area contributed by atoms with Gasteiger partial charge in [0.2, 0.25) is 0 Å². The molecule has 4 aromatic rings. The molecule has 1 heterocycles. The van der Waals surface area contributed by atoms with Gasteiger partial charge in [0.05, 0.1) is 11.2 Å². The van der Waals surface area contributed by atoms with Crippen molar-refractivity contribution in [2.45, 2.75) is 0 Å². The molecule has 0 aliphatic heterocycles. The topological polar surface area (TPSA) is 25.8 Å². The number of halogens is 2. The molecule has 1 aromatic heterocycles. The fourth-order valence-corrected chi connectivity index (χ4v) is 3.16. The van der Waals surface area contributed by atoms with Crippen LogP contribution in [0, 0.1) is 0 Å². The summed E-state index contributed by atoms with van der Waals surface area (Å²) in [7, 11) is 0. The molecule has 0 aliphatic rings. The summed E-state index contributed by atoms with van der Waals surface area (Å²) in [6.45, 7) is 0. The first-order valence-electron chi connectivity index (χ1n) is 7.49. The van der Waals surface area contributed by atoms with Gasteiger partial charge in [-0.25, -0.2) is 9.97 Å². The Morgan fingerprint density at radius 1 is 0.583 bits per heavy atom. The first-order chi connectivity index (χ1) is 11.7. The first kappa shape index (κ1) is 15.5. The van der Waals surface area contributed by atoms with Crippen LogP contribution >= 0.6 is 31.9 Å². The van der Waals surface area contributed by atoms with Gasteiger partial charge in [0, 0.05) is 25.5 Å². The maximum atomic E-state index is 4.86. The summed E-state index contributed by atoms with van der Waals surface area (Å²) in [6.07, 6.45) is 0. The van der Waals surface area contributed by atoms with Gasteiger partial charge in [-0.05, 0) is 30.3 Å². The van der Waals surface area contributed by atoms with E-state index in [1.54, 1.807) is 0 Å². The second kappa shape index (κ2) is 6.46. The van der Waals surface area contributed by atoms with Gasteiger partial charge in [-0.1, -0.05) is 74.3 Å². The first-order valence-corrected chi connectivity index (χ1v) is 9.08. The van der Waals surface area contributed by atoms with Crippen molar-refractivity contribution in [2.24, 2.45) is 0 Å². The van der Waals surface area contributed by atoms with E-state index in [-0.39, 0.29) is 0 Å². The largest absolute Gasteiger partial charge is 0.228 e. The minimum Gasteiger partial charge on any atom is -0.228 e. The molecule has 24 heavy (non-hydrogen) atoms. The van der Waals surface area contributed by atoms with E-state index in [9.17, 15) is 0 Å². The fourth-order valence-electron chi connectivity index (χ4n) is 2.63. The van der Waals surface area contributed by atoms with Crippen LogP contribution in [-0.4, -0.2) is 9.97 Å². The zero-order chi connectivity index (χ0) is 16.5. The zero-order valence-electron chi connectivity index (χ0n) is 12.6. The van der Waals surface area contributed by atoms with Gasteiger partial charge >= 0.3 is 0 Å². The zero-order valence-corrected chi connectivity index (χ0v) is 15.8. The van der Waals surface area contributed by atoms with E-state index in [1.165, 1.54) is 0 Å². The minimum absolute atomic E-state index is 0.735. The number of nitrogens with zero attached hydrogens (tertiary/aromatic N) is 2. The Morgan fingerprint density at radius 3 is 1.83 bits per heavy atom. The van der Waals surface area contributed by atoms with Gasteiger partial charge < -0.3 is 0 Å². The van der Waals surface area contributed by atoms with Gasteiger partial charge in [-0.15, -0.1) is 0 Å². The van der Waals surface area contributed by atoms with Crippen molar-refractivity contribution in [2.75, 3.05) is 0 Å². The Labute approximate surface area is 156 Å². The summed E-state index contributed by atoms with van der Waals surface area (Å²) < 4.78 is 2.10. The predicted molar refractivity (Wildman–Crippen MR) is 106 cm³/mol. The van der Waals surface area contributed by atoms with Gasteiger partial charge in [0.1, 0.15) is 0 Å². The second-order valence-corrected chi connectivity index (χ2v) is 7.26. The lowest BCUT2D eigenvalue weighted by atomic mass is 10.1. The number of para-hydroxylation sites is 1. The van der Waals surface area contributed by atoms with Crippen molar-refractivity contribution in [3.8, 4) is 22.6 Å². The fraction of sp³-hybridized carbons (Fsp3) is 0. The number of fused-ring (bicyclic) bond motifs is 1. The van der Waals surface area contributed by atoms with Gasteiger partial charge in [-0.2, -0.15) is 0 Å². The predicted octanol–water partition coefficient (Wildman–Crippen LogP) is 6.49. The van der Waals surface area contributed by atoms with Crippen LogP contribution in [0.4, 0.5) is 0 Å². The highest BCUT2D eigenvalue weighted by molar-refractivity contribution is 9.10. The van der Waals surface area contributed by atoms with Crippen LogP contribution in [0.5, 0.6) is 0 Å². The van der Waals surface area contributed by atoms with Crippen LogP contribution in [0.15, 0.2) is 81.7 Å². The Hall–Kier alpha value is -2.04. The molecule has 0 amide bonds. The van der Waals surface area contributed by atoms with E-state index in [1.807, 2.05) is 54.6 Å². The summed E-state index contributed by atoms with van der Waals surface area (Å²) in [4.78, 5) is 9.60. The van der Waals surface area contributed by atoms with Crippen LogP contribution in [0.2, 0.25) is 0 Å². The molecule has 0 radical (unpaired) electrons. The van der Waals surface area contributed by atoms with Gasteiger partial charge in [0.25, 0.3) is 0 Å². The van der Waals surface area contributed by atoms with E-state index in [4.69, 9.17) is 9.97 Å². The summed E-state index contributed by atoms with van der Waals surface area (Å²) in [5, 5.41) is 1.06. The third kappa shape index (κ3) is 2.99. The van der Waals surface area contributed by atoms with Crippen molar-refractivity contribution in [3.05, 3.63) is 81.7 Å². The lowest BCUT2D eigenvalue weighted by Crippen LogP contribution is -1.95. The molecular formula is C20H12Br2N2. The highest BCUT2D eigenvalue weighted by atomic mass is 79.9. The smallest absolute Gasteiger partial charge is 0.160 e. The molecule has 0 saturated carbocycles. The molecule has 0 bridgehead atoms. The Balaban J connectivity index is 1.97. The van der Waals surface area contributed by atoms with Crippen molar-refractivity contribution in [3.63, 3.8) is 0 Å². The van der Waals surface area contributed by atoms with Crippen molar-refractivity contribution in [1.82, 2.24) is 9.97 Å². The SMILES string of the molecule is Brc1ccc(-c2nc(-c3ccc(Br)cc3)c3ccccc3n2)cc1. The molecule has 4 heteroatoms. The molecule has 0 fully saturated rings. The summed E-state index contributed by atoms with van der Waals surface area (Å²) >= 11 is 6.96. The molecule has 0 aliphatic carbocycles. The Bertz CT molecular complexity index is 1010. The average Bonchev–Trinajstić information content (AvgIpc) is 2.62. The lowest BCUT2D eigenvalue weighted by Gasteiger charge is -2.09. The molecule has 116 valence electrons.